The first-order valence-corrected chi connectivity index (χ1v) is 12.6. The van der Waals surface area contributed by atoms with Crippen LogP contribution in [0.25, 0.3) is 17.2 Å². The maximum Gasteiger partial charge on any atom is 0.257 e. The number of likely N-dealkylation sites (tertiary alicyclic amines) is 1. The Morgan fingerprint density at radius 1 is 1.08 bits per heavy atom. The van der Waals surface area contributed by atoms with Crippen LogP contribution in [0.4, 0.5) is 8.78 Å². The molecule has 3 atom stereocenters. The van der Waals surface area contributed by atoms with E-state index in [4.69, 9.17) is 10.5 Å². The molecule has 2 fully saturated rings. The van der Waals surface area contributed by atoms with Crippen molar-refractivity contribution in [2.45, 2.75) is 32.4 Å². The zero-order chi connectivity index (χ0) is 27.5. The first-order valence-electron chi connectivity index (χ1n) is 12.6. The van der Waals surface area contributed by atoms with Gasteiger partial charge in [0.05, 0.1) is 17.0 Å². The number of aryl methyl sites for hydroxylation is 1. The van der Waals surface area contributed by atoms with Crippen molar-refractivity contribution >= 4 is 5.91 Å². The minimum Gasteiger partial charge on any atom is -0.474 e. The summed E-state index contributed by atoms with van der Waals surface area (Å²) >= 11 is 0. The van der Waals surface area contributed by atoms with Gasteiger partial charge in [-0.15, -0.1) is 0 Å². The lowest BCUT2D eigenvalue weighted by Crippen LogP contribution is -2.33. The van der Waals surface area contributed by atoms with Crippen molar-refractivity contribution in [2.75, 3.05) is 13.1 Å². The molecule has 4 aromatic rings. The highest BCUT2D eigenvalue weighted by molar-refractivity contribution is 5.95. The van der Waals surface area contributed by atoms with Gasteiger partial charge in [-0.2, -0.15) is 5.10 Å². The van der Waals surface area contributed by atoms with E-state index in [0.29, 0.717) is 47.4 Å². The van der Waals surface area contributed by atoms with Crippen molar-refractivity contribution in [1.29, 1.82) is 0 Å². The van der Waals surface area contributed by atoms with Gasteiger partial charge in [0, 0.05) is 60.7 Å². The first kappa shape index (κ1) is 25.1. The van der Waals surface area contributed by atoms with E-state index in [-0.39, 0.29) is 23.8 Å². The molecular formula is C28H27F2N7O2. The summed E-state index contributed by atoms with van der Waals surface area (Å²) in [6.07, 6.45) is 4.80. The van der Waals surface area contributed by atoms with Crippen molar-refractivity contribution in [3.63, 3.8) is 0 Å². The predicted octanol–water partition coefficient (Wildman–Crippen LogP) is 3.65. The summed E-state index contributed by atoms with van der Waals surface area (Å²) in [7, 11) is 0. The van der Waals surface area contributed by atoms with Crippen LogP contribution in [-0.2, 0) is 5.54 Å². The SMILES string of the molecule is Cc1nn(-c2ncccn2)cc1C(=O)N1C[C@@H]2[C@H](C1)[C@@H]2Oc1cc(C(C)(C)N)cc(-c2ccc(F)c(F)c2)n1. The van der Waals surface area contributed by atoms with Crippen molar-refractivity contribution < 1.29 is 18.3 Å². The molecule has 0 radical (unpaired) electrons. The molecule has 1 aliphatic carbocycles. The zero-order valence-corrected chi connectivity index (χ0v) is 21.7. The number of halogens is 2. The number of carbonyl (C=O) groups is 1. The molecule has 39 heavy (non-hydrogen) atoms. The molecule has 3 aromatic heterocycles. The number of nitrogens with zero attached hydrogens (tertiary/aromatic N) is 6. The van der Waals surface area contributed by atoms with Gasteiger partial charge in [0.2, 0.25) is 11.8 Å². The van der Waals surface area contributed by atoms with E-state index in [9.17, 15) is 13.6 Å². The lowest BCUT2D eigenvalue weighted by atomic mass is 9.95. The average molecular weight is 532 g/mol. The number of hydrogen-bond acceptors (Lipinski definition) is 7. The number of rotatable bonds is 6. The quantitative estimate of drug-likeness (QED) is 0.404. The Morgan fingerprint density at radius 2 is 1.79 bits per heavy atom. The summed E-state index contributed by atoms with van der Waals surface area (Å²) < 4.78 is 35.2. The number of ether oxygens (including phenoxy) is 1. The van der Waals surface area contributed by atoms with E-state index in [1.165, 1.54) is 10.7 Å². The molecule has 0 spiro atoms. The van der Waals surface area contributed by atoms with Crippen LogP contribution in [0, 0.1) is 30.4 Å². The van der Waals surface area contributed by atoms with Crippen LogP contribution >= 0.6 is 0 Å². The number of amides is 1. The molecular weight excluding hydrogens is 504 g/mol. The standard InChI is InChI=1S/C28H27F2N7O2/c1-15-18(14-37(35-15)27-32-7-4-8-33-27)26(38)36-12-19-20(13-36)25(19)39-24-11-17(28(2,3)31)10-23(34-24)16-5-6-21(29)22(30)9-16/h4-11,14,19-20,25H,12-13,31H2,1-3H3/t19-,20+,25-. The monoisotopic (exact) mass is 531 g/mol. The molecule has 6 rings (SSSR count). The lowest BCUT2D eigenvalue weighted by molar-refractivity contribution is 0.0751. The summed E-state index contributed by atoms with van der Waals surface area (Å²) in [5.74, 6) is -0.862. The smallest absolute Gasteiger partial charge is 0.257 e. The number of hydrogen-bond donors (Lipinski definition) is 1. The number of piperidine rings is 1. The highest BCUT2D eigenvalue weighted by Gasteiger charge is 2.59. The van der Waals surface area contributed by atoms with Crippen LogP contribution in [-0.4, -0.2) is 54.7 Å². The van der Waals surface area contributed by atoms with Crippen molar-refractivity contribution in [2.24, 2.45) is 17.6 Å². The van der Waals surface area contributed by atoms with Gasteiger partial charge in [-0.1, -0.05) is 0 Å². The van der Waals surface area contributed by atoms with Gasteiger partial charge >= 0.3 is 0 Å². The Labute approximate surface area is 223 Å². The molecule has 1 saturated carbocycles. The van der Waals surface area contributed by atoms with Crippen LogP contribution < -0.4 is 10.5 Å². The third-order valence-corrected chi connectivity index (χ3v) is 7.31. The fourth-order valence-electron chi connectivity index (χ4n) is 5.05. The number of aromatic nitrogens is 5. The molecule has 1 amide bonds. The minimum absolute atomic E-state index is 0.0914. The van der Waals surface area contributed by atoms with Crippen LogP contribution in [0.1, 0.15) is 35.5 Å². The molecule has 2 N–H and O–H groups in total. The molecule has 4 heterocycles. The van der Waals surface area contributed by atoms with Gasteiger partial charge in [-0.3, -0.25) is 4.79 Å². The summed E-state index contributed by atoms with van der Waals surface area (Å²) in [4.78, 5) is 28.0. The molecule has 1 aromatic carbocycles. The highest BCUT2D eigenvalue weighted by Crippen LogP contribution is 2.48. The third kappa shape index (κ3) is 4.74. The fraction of sp³-hybridized carbons (Fsp3) is 0.321. The van der Waals surface area contributed by atoms with Gasteiger partial charge in [-0.25, -0.2) is 28.4 Å². The summed E-state index contributed by atoms with van der Waals surface area (Å²) in [5.41, 5.74) is 8.38. The number of carbonyl (C=O) groups excluding carboxylic acids is 1. The zero-order valence-electron chi connectivity index (χ0n) is 21.7. The second-order valence-corrected chi connectivity index (χ2v) is 10.7. The average Bonchev–Trinajstić information content (AvgIpc) is 3.22. The molecule has 0 unspecified atom stereocenters. The Hall–Kier alpha value is -4.25. The Kier molecular flexibility index (Phi) is 5.91. The van der Waals surface area contributed by atoms with Crippen LogP contribution in [0.2, 0.25) is 0 Å². The maximum atomic E-state index is 13.9. The Balaban J connectivity index is 1.17. The number of benzene rings is 1. The summed E-state index contributed by atoms with van der Waals surface area (Å²) in [6, 6.07) is 8.91. The van der Waals surface area contributed by atoms with Gasteiger partial charge in [0.25, 0.3) is 5.91 Å². The lowest BCUT2D eigenvalue weighted by Gasteiger charge is -2.22. The summed E-state index contributed by atoms with van der Waals surface area (Å²) in [6.45, 7) is 6.60. The van der Waals surface area contributed by atoms with Crippen LogP contribution in [0.3, 0.4) is 0 Å². The van der Waals surface area contributed by atoms with E-state index in [1.54, 1.807) is 43.7 Å². The van der Waals surface area contributed by atoms with E-state index in [2.05, 4.69) is 20.1 Å². The largest absolute Gasteiger partial charge is 0.474 e. The van der Waals surface area contributed by atoms with Crippen molar-refractivity contribution in [1.82, 2.24) is 29.6 Å². The number of nitrogens with two attached hydrogens (primary N) is 1. The maximum absolute atomic E-state index is 13.9. The molecule has 1 aliphatic heterocycles. The van der Waals surface area contributed by atoms with Crippen LogP contribution in [0.15, 0.2) is 55.0 Å². The second-order valence-electron chi connectivity index (χ2n) is 10.7. The van der Waals surface area contributed by atoms with E-state index >= 15 is 0 Å². The van der Waals surface area contributed by atoms with Gasteiger partial charge in [0.15, 0.2) is 11.6 Å². The molecule has 1 saturated heterocycles. The highest BCUT2D eigenvalue weighted by atomic mass is 19.2. The van der Waals surface area contributed by atoms with Crippen LogP contribution in [0.5, 0.6) is 5.88 Å². The van der Waals surface area contributed by atoms with Crippen molar-refractivity contribution in [3.8, 4) is 23.1 Å². The van der Waals surface area contributed by atoms with Gasteiger partial charge in [-0.05, 0) is 56.7 Å². The fourth-order valence-corrected chi connectivity index (χ4v) is 5.05. The van der Waals surface area contributed by atoms with Crippen molar-refractivity contribution in [3.05, 3.63) is 83.4 Å². The number of fused-ring (bicyclic) bond motifs is 1. The Morgan fingerprint density at radius 3 is 2.46 bits per heavy atom. The third-order valence-electron chi connectivity index (χ3n) is 7.31. The molecule has 200 valence electrons. The Bertz CT molecular complexity index is 1560. The topological polar surface area (TPSA) is 112 Å². The molecule has 2 aliphatic rings. The predicted molar refractivity (Wildman–Crippen MR) is 138 cm³/mol. The van der Waals surface area contributed by atoms with E-state index in [1.807, 2.05) is 18.7 Å². The number of pyridine rings is 1. The second kappa shape index (κ2) is 9.19. The van der Waals surface area contributed by atoms with Gasteiger partial charge in [0.1, 0.15) is 6.10 Å². The first-order chi connectivity index (χ1) is 18.6. The van der Waals surface area contributed by atoms with E-state index < -0.39 is 17.2 Å². The molecule has 11 heteroatoms. The van der Waals surface area contributed by atoms with E-state index in [0.717, 1.165) is 17.7 Å². The normalized spacial score (nSPS) is 20.2. The molecule has 9 nitrogen and oxygen atoms in total. The summed E-state index contributed by atoms with van der Waals surface area (Å²) in [5, 5.41) is 4.40. The molecule has 0 bridgehead atoms. The van der Waals surface area contributed by atoms with Gasteiger partial charge < -0.3 is 15.4 Å². The minimum atomic E-state index is -0.951.